The molecule has 7 nitrogen and oxygen atoms in total. The van der Waals surface area contributed by atoms with Gasteiger partial charge in [0.05, 0.1) is 18.4 Å². The van der Waals surface area contributed by atoms with E-state index in [-0.39, 0.29) is 5.91 Å². The number of ether oxygens (including phenoxy) is 2. The van der Waals surface area contributed by atoms with Gasteiger partial charge in [-0.2, -0.15) is 0 Å². The average molecular weight is 427 g/mol. The lowest BCUT2D eigenvalue weighted by molar-refractivity contribution is -0.126. The van der Waals surface area contributed by atoms with Crippen LogP contribution < -0.4 is 15.4 Å². The third-order valence-corrected chi connectivity index (χ3v) is 5.03. The van der Waals surface area contributed by atoms with Crippen LogP contribution >= 0.6 is 12.2 Å². The van der Waals surface area contributed by atoms with Crippen molar-refractivity contribution in [1.82, 2.24) is 15.2 Å². The van der Waals surface area contributed by atoms with E-state index < -0.39 is 0 Å². The van der Waals surface area contributed by atoms with Gasteiger partial charge in [0.1, 0.15) is 17.3 Å². The van der Waals surface area contributed by atoms with Gasteiger partial charge in [-0.3, -0.25) is 9.78 Å². The molecule has 0 saturated carbocycles. The van der Waals surface area contributed by atoms with E-state index in [4.69, 9.17) is 21.7 Å². The monoisotopic (exact) mass is 426 g/mol. The first-order chi connectivity index (χ1) is 14.6. The number of amides is 1. The van der Waals surface area contributed by atoms with Gasteiger partial charge in [0.2, 0.25) is 0 Å². The number of nitrogens with one attached hydrogen (secondary N) is 2. The molecule has 0 unspecified atom stereocenters. The Morgan fingerprint density at radius 3 is 2.80 bits per heavy atom. The molecule has 1 amide bonds. The lowest BCUT2D eigenvalue weighted by atomic mass is 10.0. The molecular formula is C22H26N4O3S. The highest BCUT2D eigenvalue weighted by atomic mass is 32.1. The third kappa shape index (κ3) is 5.55. The van der Waals surface area contributed by atoms with E-state index in [0.717, 1.165) is 16.9 Å². The number of para-hydroxylation sites is 1. The molecule has 1 aromatic heterocycles. The van der Waals surface area contributed by atoms with Gasteiger partial charge in [-0.25, -0.2) is 0 Å². The minimum Gasteiger partial charge on any atom is -0.489 e. The van der Waals surface area contributed by atoms with Crippen molar-refractivity contribution in [2.45, 2.75) is 13.0 Å². The summed E-state index contributed by atoms with van der Waals surface area (Å²) in [6.45, 7) is 2.07. The van der Waals surface area contributed by atoms with Gasteiger partial charge in [-0.1, -0.05) is 30.4 Å². The molecule has 2 aromatic rings. The largest absolute Gasteiger partial charge is 0.489 e. The van der Waals surface area contributed by atoms with Crippen LogP contribution in [-0.4, -0.2) is 54.7 Å². The molecule has 8 heteroatoms. The average Bonchev–Trinajstić information content (AvgIpc) is 2.76. The summed E-state index contributed by atoms with van der Waals surface area (Å²) in [7, 11) is 3.42. The van der Waals surface area contributed by atoms with Crippen LogP contribution in [0.3, 0.4) is 0 Å². The number of likely N-dealkylation sites (N-methyl/N-ethyl adjacent to an activating group) is 1. The first-order valence-electron chi connectivity index (χ1n) is 9.73. The number of hydrogen-bond acceptors (Lipinski definition) is 6. The molecule has 1 aliphatic rings. The number of carbonyl (C=O) groups excluding carboxylic acids is 1. The fourth-order valence-electron chi connectivity index (χ4n) is 3.07. The zero-order valence-corrected chi connectivity index (χ0v) is 18.0. The highest BCUT2D eigenvalue weighted by molar-refractivity contribution is 7.81. The number of methoxy groups -OCH3 is 1. The van der Waals surface area contributed by atoms with E-state index in [1.54, 1.807) is 31.5 Å². The zero-order chi connectivity index (χ0) is 21.3. The number of anilines is 1. The van der Waals surface area contributed by atoms with Gasteiger partial charge in [0, 0.05) is 56.8 Å². The smallest absolute Gasteiger partial charge is 0.258 e. The van der Waals surface area contributed by atoms with Crippen molar-refractivity contribution >= 4 is 28.8 Å². The van der Waals surface area contributed by atoms with Crippen molar-refractivity contribution in [3.63, 3.8) is 0 Å². The lowest BCUT2D eigenvalue weighted by Crippen LogP contribution is -2.40. The number of thiocarbonyl (C=S) groups is 1. The summed E-state index contributed by atoms with van der Waals surface area (Å²) in [4.78, 5) is 19.1. The summed E-state index contributed by atoms with van der Waals surface area (Å²) in [6, 6.07) is 11.5. The van der Waals surface area contributed by atoms with Crippen molar-refractivity contribution in [3.8, 4) is 5.75 Å². The zero-order valence-electron chi connectivity index (χ0n) is 17.2. The Morgan fingerprint density at radius 2 is 2.03 bits per heavy atom. The molecule has 0 saturated heterocycles. The first-order valence-corrected chi connectivity index (χ1v) is 10.1. The van der Waals surface area contributed by atoms with Gasteiger partial charge in [-0.15, -0.1) is 0 Å². The molecule has 0 radical (unpaired) electrons. The van der Waals surface area contributed by atoms with Gasteiger partial charge in [0.15, 0.2) is 0 Å². The van der Waals surface area contributed by atoms with Gasteiger partial charge in [0.25, 0.3) is 5.91 Å². The molecular weight excluding hydrogens is 400 g/mol. The fourth-order valence-corrected chi connectivity index (χ4v) is 3.40. The fraction of sp³-hybridized carbons (Fsp3) is 0.318. The van der Waals surface area contributed by atoms with Crippen LogP contribution in [0.2, 0.25) is 0 Å². The Bertz CT molecular complexity index is 918. The molecule has 2 N–H and O–H groups in total. The Balaban J connectivity index is 1.78. The highest BCUT2D eigenvalue weighted by Crippen LogP contribution is 2.22. The Morgan fingerprint density at radius 1 is 1.23 bits per heavy atom. The van der Waals surface area contributed by atoms with Crippen LogP contribution in [0.1, 0.15) is 12.0 Å². The standard InChI is InChI=1S/C22H26N4O3S/c1-26-11-9-18(20(22(26)27)21(30)25-17-6-4-3-5-7-17)24-14-16-8-10-23-15-19(16)29-13-12-28-2/h3-8,10,15,24H,9,11-14H2,1-2H3,(H,25,30). The van der Waals surface area contributed by atoms with Gasteiger partial charge in [-0.05, 0) is 18.2 Å². The molecule has 3 rings (SSSR count). The number of aromatic nitrogens is 1. The number of nitrogens with zero attached hydrogens (tertiary/aromatic N) is 2. The van der Waals surface area contributed by atoms with Gasteiger partial charge >= 0.3 is 0 Å². The van der Waals surface area contributed by atoms with Crippen LogP contribution in [0, 0.1) is 0 Å². The Labute approximate surface area is 182 Å². The van der Waals surface area contributed by atoms with Crippen LogP contribution in [-0.2, 0) is 16.1 Å². The van der Waals surface area contributed by atoms with Crippen molar-refractivity contribution in [2.75, 3.05) is 39.2 Å². The Kier molecular flexibility index (Phi) is 7.75. The first kappa shape index (κ1) is 21.7. The molecule has 0 spiro atoms. The summed E-state index contributed by atoms with van der Waals surface area (Å²) in [5.41, 5.74) is 3.12. The number of pyridine rings is 1. The molecule has 0 fully saturated rings. The number of carbonyl (C=O) groups is 1. The van der Waals surface area contributed by atoms with Crippen molar-refractivity contribution in [2.24, 2.45) is 0 Å². The van der Waals surface area contributed by atoms with E-state index in [1.807, 2.05) is 36.4 Å². The molecule has 0 bridgehead atoms. The lowest BCUT2D eigenvalue weighted by Gasteiger charge is -2.29. The topological polar surface area (TPSA) is 75.7 Å². The Hall–Kier alpha value is -2.97. The minimum atomic E-state index is -0.0940. The maximum absolute atomic E-state index is 12.9. The van der Waals surface area contributed by atoms with E-state index in [9.17, 15) is 4.79 Å². The predicted molar refractivity (Wildman–Crippen MR) is 120 cm³/mol. The summed E-state index contributed by atoms with van der Waals surface area (Å²) in [5, 5.41) is 6.58. The number of rotatable bonds is 9. The maximum Gasteiger partial charge on any atom is 0.258 e. The van der Waals surface area contributed by atoms with E-state index in [1.165, 1.54) is 0 Å². The van der Waals surface area contributed by atoms with Crippen molar-refractivity contribution < 1.29 is 14.3 Å². The predicted octanol–water partition coefficient (Wildman–Crippen LogP) is 2.75. The second-order valence-electron chi connectivity index (χ2n) is 6.83. The van der Waals surface area contributed by atoms with E-state index in [2.05, 4.69) is 15.6 Å². The molecule has 0 aliphatic carbocycles. The third-order valence-electron chi connectivity index (χ3n) is 4.73. The molecule has 2 heterocycles. The second-order valence-corrected chi connectivity index (χ2v) is 7.24. The molecule has 1 aromatic carbocycles. The quantitative estimate of drug-likeness (QED) is 0.472. The van der Waals surface area contributed by atoms with Crippen LogP contribution in [0.5, 0.6) is 5.75 Å². The summed E-state index contributed by atoms with van der Waals surface area (Å²) >= 11 is 5.59. The van der Waals surface area contributed by atoms with Crippen LogP contribution in [0.4, 0.5) is 5.69 Å². The SMILES string of the molecule is COCCOc1cnccc1CNC1=C(C(=S)Nc2ccccc2)C(=O)N(C)CC1. The maximum atomic E-state index is 12.9. The van der Waals surface area contributed by atoms with Gasteiger partial charge < -0.3 is 25.0 Å². The molecule has 30 heavy (non-hydrogen) atoms. The summed E-state index contributed by atoms with van der Waals surface area (Å²) in [5.74, 6) is 0.594. The summed E-state index contributed by atoms with van der Waals surface area (Å²) < 4.78 is 10.8. The summed E-state index contributed by atoms with van der Waals surface area (Å²) in [6.07, 6.45) is 4.10. The van der Waals surface area contributed by atoms with E-state index >= 15 is 0 Å². The highest BCUT2D eigenvalue weighted by Gasteiger charge is 2.28. The number of benzene rings is 1. The normalized spacial score (nSPS) is 13.9. The molecule has 0 atom stereocenters. The number of hydrogen-bond donors (Lipinski definition) is 2. The minimum absolute atomic E-state index is 0.0940. The second kappa shape index (κ2) is 10.7. The molecule has 1 aliphatic heterocycles. The van der Waals surface area contributed by atoms with Crippen molar-refractivity contribution in [3.05, 3.63) is 65.6 Å². The van der Waals surface area contributed by atoms with Crippen LogP contribution in [0.25, 0.3) is 0 Å². The van der Waals surface area contributed by atoms with Crippen molar-refractivity contribution in [1.29, 1.82) is 0 Å². The van der Waals surface area contributed by atoms with Crippen LogP contribution in [0.15, 0.2) is 60.1 Å². The molecule has 158 valence electrons. The van der Waals surface area contributed by atoms with E-state index in [0.29, 0.717) is 49.0 Å².